The summed E-state index contributed by atoms with van der Waals surface area (Å²) in [5.74, 6) is 1.13. The summed E-state index contributed by atoms with van der Waals surface area (Å²) in [7, 11) is 1.88. The maximum atomic E-state index is 6.11. The molecule has 0 spiro atoms. The summed E-state index contributed by atoms with van der Waals surface area (Å²) in [6, 6.07) is 5.54. The van der Waals surface area contributed by atoms with Gasteiger partial charge in [-0.1, -0.05) is 32.7 Å². The van der Waals surface area contributed by atoms with Gasteiger partial charge in [-0.3, -0.25) is 0 Å². The minimum atomic E-state index is 0.452. The van der Waals surface area contributed by atoms with E-state index in [4.69, 9.17) is 16.1 Å². The molecule has 0 aliphatic carbocycles. The highest BCUT2D eigenvalue weighted by molar-refractivity contribution is 9.10. The van der Waals surface area contributed by atoms with Gasteiger partial charge in [0.25, 0.3) is 5.89 Å². The maximum Gasteiger partial charge on any atom is 0.259 e. The molecule has 2 rings (SSSR count). The molecule has 0 unspecified atom stereocenters. The molecule has 2 aromatic rings. The summed E-state index contributed by atoms with van der Waals surface area (Å²) in [5.41, 5.74) is 0.748. The highest BCUT2D eigenvalue weighted by Crippen LogP contribution is 2.29. The molecular formula is C11H11BrClN3O. The van der Waals surface area contributed by atoms with Crippen LogP contribution in [0.25, 0.3) is 11.5 Å². The first-order chi connectivity index (χ1) is 8.20. The third kappa shape index (κ3) is 3.06. The van der Waals surface area contributed by atoms with Gasteiger partial charge < -0.3 is 9.84 Å². The predicted octanol–water partition coefficient (Wildman–Crippen LogP) is 2.91. The maximum absolute atomic E-state index is 6.11. The Morgan fingerprint density at radius 2 is 2.29 bits per heavy atom. The Labute approximate surface area is 112 Å². The molecule has 1 heterocycles. The normalized spacial score (nSPS) is 10.8. The molecule has 4 nitrogen and oxygen atoms in total. The van der Waals surface area contributed by atoms with Gasteiger partial charge in [0.05, 0.1) is 10.6 Å². The van der Waals surface area contributed by atoms with Crippen LogP contribution in [0.15, 0.2) is 27.2 Å². The number of hydrogen-bond donors (Lipinski definition) is 1. The summed E-state index contributed by atoms with van der Waals surface area (Å²) in [6.07, 6.45) is 0.730. The molecule has 0 radical (unpaired) electrons. The van der Waals surface area contributed by atoms with Gasteiger partial charge in [0, 0.05) is 17.4 Å². The number of hydrogen-bond acceptors (Lipinski definition) is 4. The van der Waals surface area contributed by atoms with E-state index in [1.165, 1.54) is 0 Å². The van der Waals surface area contributed by atoms with Crippen LogP contribution in [0.2, 0.25) is 5.02 Å². The summed E-state index contributed by atoms with van der Waals surface area (Å²) in [6.45, 7) is 0.813. The highest BCUT2D eigenvalue weighted by atomic mass is 79.9. The van der Waals surface area contributed by atoms with Crippen molar-refractivity contribution in [3.05, 3.63) is 33.5 Å². The number of nitrogens with one attached hydrogen (secondary N) is 1. The zero-order valence-corrected chi connectivity index (χ0v) is 11.5. The van der Waals surface area contributed by atoms with Gasteiger partial charge in [0.1, 0.15) is 0 Å². The third-order valence-corrected chi connectivity index (χ3v) is 3.03. The van der Waals surface area contributed by atoms with Gasteiger partial charge >= 0.3 is 0 Å². The number of nitrogens with zero attached hydrogens (tertiary/aromatic N) is 2. The number of rotatable bonds is 4. The largest absolute Gasteiger partial charge is 0.334 e. The van der Waals surface area contributed by atoms with E-state index in [2.05, 4.69) is 31.4 Å². The van der Waals surface area contributed by atoms with Crippen LogP contribution in [-0.4, -0.2) is 23.7 Å². The minimum absolute atomic E-state index is 0.452. The first-order valence-corrected chi connectivity index (χ1v) is 6.30. The minimum Gasteiger partial charge on any atom is -0.334 e. The lowest BCUT2D eigenvalue weighted by Gasteiger charge is -1.98. The van der Waals surface area contributed by atoms with Crippen LogP contribution in [0, 0.1) is 0 Å². The van der Waals surface area contributed by atoms with Crippen molar-refractivity contribution in [1.29, 1.82) is 0 Å². The van der Waals surface area contributed by atoms with E-state index >= 15 is 0 Å². The zero-order valence-electron chi connectivity index (χ0n) is 9.20. The van der Waals surface area contributed by atoms with Crippen LogP contribution < -0.4 is 5.32 Å². The van der Waals surface area contributed by atoms with Crippen molar-refractivity contribution >= 4 is 27.5 Å². The van der Waals surface area contributed by atoms with Crippen molar-refractivity contribution < 1.29 is 4.52 Å². The molecule has 6 heteroatoms. The molecule has 0 saturated carbocycles. The molecule has 1 aromatic carbocycles. The van der Waals surface area contributed by atoms with Crippen molar-refractivity contribution in [1.82, 2.24) is 15.5 Å². The molecule has 0 saturated heterocycles. The molecule has 1 aromatic heterocycles. The van der Waals surface area contributed by atoms with Crippen LogP contribution in [0.5, 0.6) is 0 Å². The summed E-state index contributed by atoms with van der Waals surface area (Å²) in [5, 5.41) is 7.51. The molecule has 1 N–H and O–H groups in total. The Balaban J connectivity index is 2.24. The Hall–Kier alpha value is -0.910. The van der Waals surface area contributed by atoms with Crippen molar-refractivity contribution in [3.8, 4) is 11.5 Å². The van der Waals surface area contributed by atoms with Crippen LogP contribution in [0.1, 0.15) is 5.82 Å². The molecule has 0 aliphatic rings. The second-order valence-corrected chi connectivity index (χ2v) is 4.82. The van der Waals surface area contributed by atoms with Gasteiger partial charge in [-0.05, 0) is 25.2 Å². The summed E-state index contributed by atoms with van der Waals surface area (Å²) >= 11 is 9.46. The van der Waals surface area contributed by atoms with Crippen molar-refractivity contribution in [2.45, 2.75) is 6.42 Å². The second kappa shape index (κ2) is 5.62. The predicted molar refractivity (Wildman–Crippen MR) is 70.1 cm³/mol. The lowest BCUT2D eigenvalue weighted by molar-refractivity contribution is 0.422. The first-order valence-electron chi connectivity index (χ1n) is 5.13. The van der Waals surface area contributed by atoms with E-state index < -0.39 is 0 Å². The Morgan fingerprint density at radius 1 is 1.47 bits per heavy atom. The van der Waals surface area contributed by atoms with Crippen molar-refractivity contribution in [2.24, 2.45) is 0 Å². The smallest absolute Gasteiger partial charge is 0.259 e. The topological polar surface area (TPSA) is 51.0 Å². The number of likely N-dealkylation sites (N-methyl/N-ethyl adjacent to an activating group) is 1. The van der Waals surface area contributed by atoms with E-state index in [-0.39, 0.29) is 0 Å². The second-order valence-electron chi connectivity index (χ2n) is 3.49. The standard InChI is InChI=1S/C11H11BrClN3O/c1-14-5-4-10-15-11(17-16-10)8-3-2-7(12)6-9(8)13/h2-3,6,14H,4-5H2,1H3. The molecule has 0 bridgehead atoms. The number of benzene rings is 1. The molecular weight excluding hydrogens is 305 g/mol. The fraction of sp³-hybridized carbons (Fsp3) is 0.273. The summed E-state index contributed by atoms with van der Waals surface area (Å²) in [4.78, 5) is 4.29. The molecule has 0 amide bonds. The monoisotopic (exact) mass is 315 g/mol. The highest BCUT2D eigenvalue weighted by Gasteiger charge is 2.12. The Morgan fingerprint density at radius 3 is 3.00 bits per heavy atom. The van der Waals surface area contributed by atoms with Crippen molar-refractivity contribution in [2.75, 3.05) is 13.6 Å². The SMILES string of the molecule is CNCCc1noc(-c2ccc(Br)cc2Cl)n1. The third-order valence-electron chi connectivity index (χ3n) is 2.23. The van der Waals surface area contributed by atoms with Crippen LogP contribution in [-0.2, 0) is 6.42 Å². The van der Waals surface area contributed by atoms with Crippen molar-refractivity contribution in [3.63, 3.8) is 0 Å². The summed E-state index contributed by atoms with van der Waals surface area (Å²) < 4.78 is 6.10. The Kier molecular flexibility index (Phi) is 4.15. The quantitative estimate of drug-likeness (QED) is 0.942. The van der Waals surface area contributed by atoms with Gasteiger partial charge in [0.2, 0.25) is 0 Å². The number of aromatic nitrogens is 2. The Bertz CT molecular complexity index is 515. The average molecular weight is 317 g/mol. The van der Waals surface area contributed by atoms with E-state index in [9.17, 15) is 0 Å². The van der Waals surface area contributed by atoms with Crippen LogP contribution in [0.4, 0.5) is 0 Å². The molecule has 0 fully saturated rings. The average Bonchev–Trinajstić information content (AvgIpc) is 2.75. The lowest BCUT2D eigenvalue weighted by Crippen LogP contribution is -2.10. The molecule has 17 heavy (non-hydrogen) atoms. The molecule has 0 aliphatic heterocycles. The van der Waals surface area contributed by atoms with Crippen LogP contribution >= 0.6 is 27.5 Å². The fourth-order valence-corrected chi connectivity index (χ4v) is 2.12. The van der Waals surface area contributed by atoms with E-state index in [0.717, 1.165) is 23.0 Å². The molecule has 0 atom stereocenters. The van der Waals surface area contributed by atoms with E-state index in [1.54, 1.807) is 6.07 Å². The van der Waals surface area contributed by atoms with E-state index in [1.807, 2.05) is 19.2 Å². The van der Waals surface area contributed by atoms with Crippen LogP contribution in [0.3, 0.4) is 0 Å². The fourth-order valence-electron chi connectivity index (χ4n) is 1.36. The van der Waals surface area contributed by atoms with Gasteiger partial charge in [-0.15, -0.1) is 0 Å². The first kappa shape index (κ1) is 12.5. The van der Waals surface area contributed by atoms with Gasteiger partial charge in [-0.25, -0.2) is 0 Å². The van der Waals surface area contributed by atoms with E-state index in [0.29, 0.717) is 16.7 Å². The number of halogens is 2. The lowest BCUT2D eigenvalue weighted by atomic mass is 10.2. The zero-order chi connectivity index (χ0) is 12.3. The van der Waals surface area contributed by atoms with Gasteiger partial charge in [-0.2, -0.15) is 4.98 Å². The van der Waals surface area contributed by atoms with Gasteiger partial charge in [0.15, 0.2) is 5.82 Å². The molecule has 90 valence electrons.